The molecule has 2 N–H and O–H groups in total. The molecule has 2 aromatic heterocycles. The van der Waals surface area contributed by atoms with E-state index in [1.54, 1.807) is 12.3 Å². The highest BCUT2D eigenvalue weighted by Crippen LogP contribution is 2.23. The highest BCUT2D eigenvalue weighted by atomic mass is 19.1. The van der Waals surface area contributed by atoms with Gasteiger partial charge in [0.05, 0.1) is 22.9 Å². The molecule has 0 fully saturated rings. The fourth-order valence-corrected chi connectivity index (χ4v) is 2.56. The van der Waals surface area contributed by atoms with Crippen molar-refractivity contribution in [2.45, 2.75) is 25.9 Å². The van der Waals surface area contributed by atoms with Gasteiger partial charge in [-0.1, -0.05) is 18.2 Å². The maximum absolute atomic E-state index is 13.8. The van der Waals surface area contributed by atoms with Gasteiger partial charge < -0.3 is 5.73 Å². The number of halogens is 1. The predicted molar refractivity (Wildman–Crippen MR) is 80.2 cm³/mol. The predicted octanol–water partition coefficient (Wildman–Crippen LogP) is 2.83. The molecule has 21 heavy (non-hydrogen) atoms. The van der Waals surface area contributed by atoms with E-state index in [0.717, 1.165) is 23.1 Å². The van der Waals surface area contributed by atoms with E-state index in [1.807, 2.05) is 35.9 Å². The minimum Gasteiger partial charge on any atom is -0.322 e. The van der Waals surface area contributed by atoms with Gasteiger partial charge in [-0.2, -0.15) is 5.10 Å². The van der Waals surface area contributed by atoms with Crippen molar-refractivity contribution in [1.82, 2.24) is 14.8 Å². The average molecular weight is 284 g/mol. The van der Waals surface area contributed by atoms with Crippen LogP contribution < -0.4 is 5.73 Å². The molecule has 1 atom stereocenters. The second-order valence-electron chi connectivity index (χ2n) is 4.96. The second kappa shape index (κ2) is 5.61. The lowest BCUT2D eigenvalue weighted by Crippen LogP contribution is -2.17. The molecule has 4 nitrogen and oxygen atoms in total. The normalized spacial score (nSPS) is 12.7. The standard InChI is InChI=1S/C16H17FN4/c1-2-21-15-8-4-3-6-11(15)14(20-21)10-13(18)16-12(17)7-5-9-19-16/h3-9,13H,2,10,18H2,1H3. The number of nitrogens with two attached hydrogens (primary N) is 1. The summed E-state index contributed by atoms with van der Waals surface area (Å²) in [4.78, 5) is 4.05. The van der Waals surface area contributed by atoms with E-state index in [0.29, 0.717) is 6.42 Å². The van der Waals surface area contributed by atoms with Crippen LogP contribution in [0.4, 0.5) is 4.39 Å². The van der Waals surface area contributed by atoms with E-state index in [-0.39, 0.29) is 11.5 Å². The van der Waals surface area contributed by atoms with Crippen LogP contribution in [0.25, 0.3) is 10.9 Å². The number of para-hydroxylation sites is 1. The number of aromatic nitrogens is 3. The van der Waals surface area contributed by atoms with Crippen LogP contribution in [-0.2, 0) is 13.0 Å². The fraction of sp³-hybridized carbons (Fsp3) is 0.250. The molecule has 5 heteroatoms. The first kappa shape index (κ1) is 13.7. The van der Waals surface area contributed by atoms with Crippen LogP contribution in [-0.4, -0.2) is 14.8 Å². The van der Waals surface area contributed by atoms with Crippen LogP contribution in [0.3, 0.4) is 0 Å². The first-order chi connectivity index (χ1) is 10.2. The summed E-state index contributed by atoms with van der Waals surface area (Å²) in [5.74, 6) is -0.371. The molecule has 0 aliphatic rings. The van der Waals surface area contributed by atoms with E-state index in [2.05, 4.69) is 10.1 Å². The minimum absolute atomic E-state index is 0.285. The SMILES string of the molecule is CCn1nc(CC(N)c2ncccc2F)c2ccccc21. The van der Waals surface area contributed by atoms with Crippen LogP contribution in [0.5, 0.6) is 0 Å². The van der Waals surface area contributed by atoms with Gasteiger partial charge in [-0.15, -0.1) is 0 Å². The molecule has 0 spiro atoms. The summed E-state index contributed by atoms with van der Waals surface area (Å²) in [6.07, 6.45) is 2.02. The van der Waals surface area contributed by atoms with E-state index in [1.165, 1.54) is 6.07 Å². The maximum atomic E-state index is 13.8. The van der Waals surface area contributed by atoms with Crippen LogP contribution >= 0.6 is 0 Å². The van der Waals surface area contributed by atoms with Gasteiger partial charge in [0.2, 0.25) is 0 Å². The maximum Gasteiger partial charge on any atom is 0.146 e. The van der Waals surface area contributed by atoms with Crippen molar-refractivity contribution >= 4 is 10.9 Å². The van der Waals surface area contributed by atoms with Gasteiger partial charge in [0, 0.05) is 24.5 Å². The summed E-state index contributed by atoms with van der Waals surface area (Å²) in [6, 6.07) is 10.4. The molecule has 3 aromatic rings. The number of nitrogens with zero attached hydrogens (tertiary/aromatic N) is 3. The third-order valence-electron chi connectivity index (χ3n) is 3.59. The Morgan fingerprint density at radius 3 is 2.81 bits per heavy atom. The molecule has 0 aliphatic carbocycles. The largest absolute Gasteiger partial charge is 0.322 e. The van der Waals surface area contributed by atoms with Crippen molar-refractivity contribution in [3.63, 3.8) is 0 Å². The van der Waals surface area contributed by atoms with Crippen molar-refractivity contribution in [1.29, 1.82) is 0 Å². The van der Waals surface area contributed by atoms with Gasteiger partial charge in [0.1, 0.15) is 5.82 Å². The lowest BCUT2D eigenvalue weighted by atomic mass is 10.1. The highest BCUT2D eigenvalue weighted by molar-refractivity contribution is 5.82. The summed E-state index contributed by atoms with van der Waals surface area (Å²) < 4.78 is 15.7. The molecule has 108 valence electrons. The summed E-state index contributed by atoms with van der Waals surface area (Å²) in [7, 11) is 0. The first-order valence-corrected chi connectivity index (χ1v) is 7.01. The van der Waals surface area contributed by atoms with Gasteiger partial charge in [0.15, 0.2) is 0 Å². The summed E-state index contributed by atoms with van der Waals surface area (Å²) in [6.45, 7) is 2.83. The molecule has 0 aliphatic heterocycles. The van der Waals surface area contributed by atoms with Gasteiger partial charge in [-0.3, -0.25) is 9.67 Å². The van der Waals surface area contributed by atoms with Crippen LogP contribution in [0.1, 0.15) is 24.4 Å². The fourth-order valence-electron chi connectivity index (χ4n) is 2.56. The highest BCUT2D eigenvalue weighted by Gasteiger charge is 2.17. The molecule has 0 radical (unpaired) electrons. The van der Waals surface area contributed by atoms with Crippen molar-refractivity contribution in [2.24, 2.45) is 5.73 Å². The van der Waals surface area contributed by atoms with E-state index in [4.69, 9.17) is 5.73 Å². The molecule has 0 saturated carbocycles. The van der Waals surface area contributed by atoms with E-state index in [9.17, 15) is 4.39 Å². The number of hydrogen-bond donors (Lipinski definition) is 1. The van der Waals surface area contributed by atoms with Gasteiger partial charge in [0.25, 0.3) is 0 Å². The minimum atomic E-state index is -0.505. The molecular weight excluding hydrogens is 267 g/mol. The van der Waals surface area contributed by atoms with Crippen LogP contribution in [0.2, 0.25) is 0 Å². The zero-order valence-electron chi connectivity index (χ0n) is 11.8. The second-order valence-corrected chi connectivity index (χ2v) is 4.96. The molecule has 2 heterocycles. The quantitative estimate of drug-likeness (QED) is 0.801. The third-order valence-corrected chi connectivity index (χ3v) is 3.59. The smallest absolute Gasteiger partial charge is 0.146 e. The number of benzene rings is 1. The lowest BCUT2D eigenvalue weighted by molar-refractivity contribution is 0.558. The number of rotatable bonds is 4. The van der Waals surface area contributed by atoms with Gasteiger partial charge >= 0.3 is 0 Å². The number of fused-ring (bicyclic) bond motifs is 1. The van der Waals surface area contributed by atoms with E-state index >= 15 is 0 Å². The lowest BCUT2D eigenvalue weighted by Gasteiger charge is -2.10. The topological polar surface area (TPSA) is 56.7 Å². The van der Waals surface area contributed by atoms with Crippen molar-refractivity contribution in [3.05, 3.63) is 59.8 Å². The van der Waals surface area contributed by atoms with Crippen LogP contribution in [0, 0.1) is 5.82 Å². The Morgan fingerprint density at radius 2 is 2.05 bits per heavy atom. The monoisotopic (exact) mass is 284 g/mol. The van der Waals surface area contributed by atoms with Crippen molar-refractivity contribution in [3.8, 4) is 0 Å². The van der Waals surface area contributed by atoms with Crippen molar-refractivity contribution < 1.29 is 4.39 Å². The molecule has 1 aromatic carbocycles. The van der Waals surface area contributed by atoms with Gasteiger partial charge in [-0.05, 0) is 25.1 Å². The Labute approximate surface area is 122 Å². The molecule has 1 unspecified atom stereocenters. The molecule has 0 bridgehead atoms. The van der Waals surface area contributed by atoms with Gasteiger partial charge in [-0.25, -0.2) is 4.39 Å². The average Bonchev–Trinajstić information content (AvgIpc) is 2.86. The molecule has 0 saturated heterocycles. The first-order valence-electron chi connectivity index (χ1n) is 7.01. The Balaban J connectivity index is 1.97. The van der Waals surface area contributed by atoms with Crippen LogP contribution in [0.15, 0.2) is 42.6 Å². The Hall–Kier alpha value is -2.27. The third kappa shape index (κ3) is 2.52. The summed E-state index contributed by atoms with van der Waals surface area (Å²) >= 11 is 0. The van der Waals surface area contributed by atoms with Crippen molar-refractivity contribution in [2.75, 3.05) is 0 Å². The molecule has 3 rings (SSSR count). The Bertz CT molecular complexity index is 766. The summed E-state index contributed by atoms with van der Waals surface area (Å²) in [5, 5.41) is 5.65. The summed E-state index contributed by atoms with van der Waals surface area (Å²) in [5.41, 5.74) is 8.36. The van der Waals surface area contributed by atoms with E-state index < -0.39 is 6.04 Å². The Morgan fingerprint density at radius 1 is 1.24 bits per heavy atom. The number of aryl methyl sites for hydroxylation is 1. The number of pyridine rings is 1. The molecule has 0 amide bonds. The zero-order chi connectivity index (χ0) is 14.8. The molecular formula is C16H17FN4. The zero-order valence-corrected chi connectivity index (χ0v) is 11.8. The Kier molecular flexibility index (Phi) is 3.66. The number of hydrogen-bond acceptors (Lipinski definition) is 3.